The van der Waals surface area contributed by atoms with Gasteiger partial charge in [-0.25, -0.2) is 4.39 Å². The first kappa shape index (κ1) is 10.4. The number of carbonyl (C=O) groups is 1. The number of primary amides is 1. The largest absolute Gasteiger partial charge is 0.366 e. The number of hydrogen-bond acceptors (Lipinski definition) is 2. The molecule has 1 aromatic heterocycles. The molecular weight excluding hydrogens is 183 g/mol. The number of aromatic nitrogens is 1. The predicted octanol–water partition coefficient (Wildman–Crippen LogP) is 1.82. The molecule has 0 aliphatic heterocycles. The van der Waals surface area contributed by atoms with Gasteiger partial charge < -0.3 is 5.73 Å². The number of rotatable bonds is 2. The van der Waals surface area contributed by atoms with Crippen LogP contribution in [0.1, 0.15) is 28.5 Å². The maximum atomic E-state index is 13.1. The Labute approximate surface area is 81.5 Å². The number of amides is 1. The SMILES string of the molecule is C/C=C(\F)c1ncc(C(N)=O)cc1C. The Morgan fingerprint density at radius 1 is 1.64 bits per heavy atom. The lowest BCUT2D eigenvalue weighted by atomic mass is 10.1. The van der Waals surface area contributed by atoms with Gasteiger partial charge in [0.15, 0.2) is 0 Å². The Morgan fingerprint density at radius 3 is 2.71 bits per heavy atom. The van der Waals surface area contributed by atoms with Crippen LogP contribution in [0.15, 0.2) is 18.3 Å². The molecule has 1 amide bonds. The molecule has 0 bridgehead atoms. The van der Waals surface area contributed by atoms with Gasteiger partial charge >= 0.3 is 0 Å². The third-order valence-electron chi connectivity index (χ3n) is 1.84. The Bertz CT molecular complexity index is 399. The standard InChI is InChI=1S/C10H11FN2O/c1-3-8(11)9-6(2)4-7(5-13-9)10(12)14/h3-5H,1-2H3,(H2,12,14)/b8-3-. The number of nitrogens with two attached hydrogens (primary N) is 1. The highest BCUT2D eigenvalue weighted by Crippen LogP contribution is 2.17. The average molecular weight is 194 g/mol. The van der Waals surface area contributed by atoms with Gasteiger partial charge in [-0.1, -0.05) is 0 Å². The molecule has 4 heteroatoms. The summed E-state index contributed by atoms with van der Waals surface area (Å²) in [6, 6.07) is 1.52. The Balaban J connectivity index is 3.20. The second-order valence-electron chi connectivity index (χ2n) is 2.89. The highest BCUT2D eigenvalue weighted by Gasteiger charge is 2.08. The highest BCUT2D eigenvalue weighted by atomic mass is 19.1. The molecule has 0 fully saturated rings. The summed E-state index contributed by atoms with van der Waals surface area (Å²) in [6.07, 6.45) is 2.59. The van der Waals surface area contributed by atoms with Gasteiger partial charge in [-0.15, -0.1) is 0 Å². The molecule has 0 radical (unpaired) electrons. The summed E-state index contributed by atoms with van der Waals surface area (Å²) in [5.41, 5.74) is 6.18. The molecule has 1 heterocycles. The van der Waals surface area contributed by atoms with E-state index in [9.17, 15) is 9.18 Å². The molecule has 0 saturated heterocycles. The van der Waals surface area contributed by atoms with E-state index in [1.54, 1.807) is 13.8 Å². The quantitative estimate of drug-likeness (QED) is 0.780. The lowest BCUT2D eigenvalue weighted by molar-refractivity contribution is 0.1000. The van der Waals surface area contributed by atoms with Crippen molar-refractivity contribution in [2.24, 2.45) is 5.73 Å². The van der Waals surface area contributed by atoms with Crippen molar-refractivity contribution < 1.29 is 9.18 Å². The lowest BCUT2D eigenvalue weighted by Crippen LogP contribution is -2.12. The molecule has 0 saturated carbocycles. The van der Waals surface area contributed by atoms with Gasteiger partial charge in [-0.2, -0.15) is 0 Å². The monoisotopic (exact) mass is 194 g/mol. The summed E-state index contributed by atoms with van der Waals surface area (Å²) < 4.78 is 13.1. The number of halogens is 1. The van der Waals surface area contributed by atoms with Gasteiger partial charge in [0.2, 0.25) is 5.91 Å². The Hall–Kier alpha value is -1.71. The minimum Gasteiger partial charge on any atom is -0.366 e. The topological polar surface area (TPSA) is 56.0 Å². The van der Waals surface area contributed by atoms with E-state index in [1.165, 1.54) is 18.3 Å². The van der Waals surface area contributed by atoms with E-state index in [-0.39, 0.29) is 11.3 Å². The minimum absolute atomic E-state index is 0.248. The number of aryl methyl sites for hydroxylation is 1. The summed E-state index contributed by atoms with van der Waals surface area (Å²) in [7, 11) is 0. The van der Waals surface area contributed by atoms with Crippen molar-refractivity contribution in [1.29, 1.82) is 0 Å². The van der Waals surface area contributed by atoms with E-state index in [4.69, 9.17) is 5.73 Å². The molecule has 0 spiro atoms. The van der Waals surface area contributed by atoms with Crippen LogP contribution < -0.4 is 5.73 Å². The van der Waals surface area contributed by atoms with E-state index < -0.39 is 11.7 Å². The summed E-state index contributed by atoms with van der Waals surface area (Å²) in [5, 5.41) is 0. The molecule has 0 aliphatic rings. The summed E-state index contributed by atoms with van der Waals surface area (Å²) in [6.45, 7) is 3.26. The highest BCUT2D eigenvalue weighted by molar-refractivity contribution is 5.92. The fourth-order valence-electron chi connectivity index (χ4n) is 1.10. The van der Waals surface area contributed by atoms with Gasteiger partial charge in [0.1, 0.15) is 11.5 Å². The van der Waals surface area contributed by atoms with Gasteiger partial charge in [-0.05, 0) is 31.6 Å². The van der Waals surface area contributed by atoms with E-state index in [2.05, 4.69) is 4.98 Å². The van der Waals surface area contributed by atoms with Crippen LogP contribution in [0.5, 0.6) is 0 Å². The summed E-state index contributed by atoms with van der Waals surface area (Å²) in [4.78, 5) is 14.6. The zero-order valence-corrected chi connectivity index (χ0v) is 8.04. The van der Waals surface area contributed by atoms with E-state index >= 15 is 0 Å². The van der Waals surface area contributed by atoms with Crippen LogP contribution in [0.3, 0.4) is 0 Å². The van der Waals surface area contributed by atoms with Crippen LogP contribution in [0, 0.1) is 6.92 Å². The van der Waals surface area contributed by atoms with Crippen molar-refractivity contribution in [2.45, 2.75) is 13.8 Å². The fraction of sp³-hybridized carbons (Fsp3) is 0.200. The van der Waals surface area contributed by atoms with Gasteiger partial charge in [0.05, 0.1) is 5.56 Å². The number of nitrogens with zero attached hydrogens (tertiary/aromatic N) is 1. The summed E-state index contributed by atoms with van der Waals surface area (Å²) in [5.74, 6) is -0.966. The molecule has 2 N–H and O–H groups in total. The maximum absolute atomic E-state index is 13.1. The Kier molecular flexibility index (Phi) is 2.96. The third-order valence-corrected chi connectivity index (χ3v) is 1.84. The molecular formula is C10H11FN2O. The first-order valence-electron chi connectivity index (χ1n) is 4.15. The third kappa shape index (κ3) is 1.96. The minimum atomic E-state index is -0.562. The van der Waals surface area contributed by atoms with Crippen LogP contribution in [-0.2, 0) is 0 Å². The molecule has 0 unspecified atom stereocenters. The number of pyridine rings is 1. The van der Waals surface area contributed by atoms with E-state index in [0.717, 1.165) is 0 Å². The molecule has 14 heavy (non-hydrogen) atoms. The molecule has 74 valence electrons. The van der Waals surface area contributed by atoms with Crippen LogP contribution >= 0.6 is 0 Å². The van der Waals surface area contributed by atoms with E-state index in [1.807, 2.05) is 0 Å². The first-order valence-corrected chi connectivity index (χ1v) is 4.15. The van der Waals surface area contributed by atoms with Crippen LogP contribution in [-0.4, -0.2) is 10.9 Å². The van der Waals surface area contributed by atoms with Crippen molar-refractivity contribution in [3.8, 4) is 0 Å². The van der Waals surface area contributed by atoms with Crippen LogP contribution in [0.2, 0.25) is 0 Å². The van der Waals surface area contributed by atoms with Crippen molar-refractivity contribution in [2.75, 3.05) is 0 Å². The normalized spacial score (nSPS) is 11.5. The van der Waals surface area contributed by atoms with Gasteiger partial charge in [-0.3, -0.25) is 9.78 Å². The molecule has 3 nitrogen and oxygen atoms in total. The van der Waals surface area contributed by atoms with Crippen molar-refractivity contribution in [3.63, 3.8) is 0 Å². The molecule has 0 atom stereocenters. The van der Waals surface area contributed by atoms with E-state index in [0.29, 0.717) is 5.56 Å². The van der Waals surface area contributed by atoms with Crippen molar-refractivity contribution in [1.82, 2.24) is 4.98 Å². The zero-order valence-electron chi connectivity index (χ0n) is 8.04. The number of carbonyl (C=O) groups excluding carboxylic acids is 1. The predicted molar refractivity (Wildman–Crippen MR) is 52.3 cm³/mol. The lowest BCUT2D eigenvalue weighted by Gasteiger charge is -2.03. The summed E-state index contributed by atoms with van der Waals surface area (Å²) >= 11 is 0. The van der Waals surface area contributed by atoms with Crippen molar-refractivity contribution in [3.05, 3.63) is 35.2 Å². The van der Waals surface area contributed by atoms with Crippen molar-refractivity contribution >= 4 is 11.7 Å². The molecule has 1 rings (SSSR count). The number of hydrogen-bond donors (Lipinski definition) is 1. The maximum Gasteiger partial charge on any atom is 0.250 e. The zero-order chi connectivity index (χ0) is 10.7. The van der Waals surface area contributed by atoms with Crippen LogP contribution in [0.25, 0.3) is 5.83 Å². The smallest absolute Gasteiger partial charge is 0.250 e. The number of allylic oxidation sites excluding steroid dienone is 1. The van der Waals surface area contributed by atoms with Gasteiger partial charge in [0.25, 0.3) is 0 Å². The molecule has 1 aromatic rings. The fourth-order valence-corrected chi connectivity index (χ4v) is 1.10. The van der Waals surface area contributed by atoms with Crippen LogP contribution in [0.4, 0.5) is 4.39 Å². The molecule has 0 aliphatic carbocycles. The first-order chi connectivity index (χ1) is 6.56. The Morgan fingerprint density at radius 2 is 2.29 bits per heavy atom. The average Bonchev–Trinajstić information content (AvgIpc) is 2.16. The van der Waals surface area contributed by atoms with Gasteiger partial charge in [0, 0.05) is 6.20 Å². The second kappa shape index (κ2) is 4.00. The second-order valence-corrected chi connectivity index (χ2v) is 2.89. The molecule has 0 aromatic carbocycles.